The fourth-order valence-electron chi connectivity index (χ4n) is 0. The summed E-state index contributed by atoms with van der Waals surface area (Å²) in [6.45, 7) is 0. The van der Waals surface area contributed by atoms with Gasteiger partial charge in [0.05, 0.1) is 0 Å². The van der Waals surface area contributed by atoms with Gasteiger partial charge in [0, 0.05) is 17.4 Å². The third-order valence-corrected chi connectivity index (χ3v) is 0. The van der Waals surface area contributed by atoms with E-state index in [9.17, 15) is 0 Å². The summed E-state index contributed by atoms with van der Waals surface area (Å²) in [5.74, 6) is 0. The van der Waals surface area contributed by atoms with E-state index in [4.69, 9.17) is 11.1 Å². The molecule has 0 saturated heterocycles. The van der Waals surface area contributed by atoms with Gasteiger partial charge in [0.25, 0.3) is 0 Å². The number of hydrogen-bond acceptors (Lipinski definition) is 3. The van der Waals surface area contributed by atoms with E-state index >= 15 is 0 Å². The Morgan fingerprint density at radius 2 is 1.17 bits per heavy atom. The predicted molar refractivity (Wildman–Crippen MR) is 9.21 cm³/mol. The molecule has 0 rings (SSSR count). The van der Waals surface area contributed by atoms with E-state index in [1.165, 1.54) is 10.1 Å². The molecule has 0 aromatic heterocycles. The van der Waals surface area contributed by atoms with E-state index < -0.39 is 19.1 Å². The Kier molecular flexibility index (Phi) is 105. The van der Waals surface area contributed by atoms with Crippen molar-refractivity contribution < 1.29 is 47.6 Å². The Balaban J connectivity index is -0.0000000275. The van der Waals surface area contributed by atoms with Crippen molar-refractivity contribution in [1.82, 2.24) is 0 Å². The summed E-state index contributed by atoms with van der Waals surface area (Å²) < 4.78 is 25.2. The molecule has 0 aromatic carbocycles. The van der Waals surface area contributed by atoms with Gasteiger partial charge in [0.15, 0.2) is 0 Å². The molecule has 0 atom stereocenters. The average Bonchev–Trinajstić information content (AvgIpc) is 1.46. The Hall–Kier alpha value is 0.864. The van der Waals surface area contributed by atoms with Gasteiger partial charge in [-0.15, -0.1) is 0 Å². The van der Waals surface area contributed by atoms with Crippen LogP contribution in [0.25, 0.3) is 0 Å². The van der Waals surface area contributed by atoms with Gasteiger partial charge in [-0.2, -0.15) is 0 Å². The van der Waals surface area contributed by atoms with E-state index in [1.54, 1.807) is 0 Å². The van der Waals surface area contributed by atoms with Crippen molar-refractivity contribution in [3.05, 3.63) is 0 Å². The Morgan fingerprint density at radius 1 is 1.17 bits per heavy atom. The first-order valence-electron chi connectivity index (χ1n) is 0.644. The molecule has 0 unspecified atom stereocenters. The molecule has 0 saturated carbocycles. The summed E-state index contributed by atoms with van der Waals surface area (Å²) in [5.41, 5.74) is 0. The monoisotopic (exact) mass is 177 g/mol. The van der Waals surface area contributed by atoms with Crippen LogP contribution in [0.3, 0.4) is 0 Å². The van der Waals surface area contributed by atoms with Crippen molar-refractivity contribution >= 4 is 10.1 Å². The molecule has 0 bridgehead atoms. The molecule has 0 N–H and O–H groups in total. The van der Waals surface area contributed by atoms with E-state index in [1.807, 2.05) is 0 Å². The van der Waals surface area contributed by atoms with E-state index in [-0.39, 0.29) is 17.4 Å². The van der Waals surface area contributed by atoms with Crippen molar-refractivity contribution in [2.24, 2.45) is 0 Å². The summed E-state index contributed by atoms with van der Waals surface area (Å²) >= 11 is -2.00. The van der Waals surface area contributed by atoms with E-state index in [0.717, 1.165) is 0 Å². The van der Waals surface area contributed by atoms with Crippen molar-refractivity contribution in [3.8, 4) is 0 Å². The van der Waals surface area contributed by atoms with Gasteiger partial charge in [-0.25, -0.2) is 0 Å². The van der Waals surface area contributed by atoms with Gasteiger partial charge in [0.2, 0.25) is 0 Å². The fraction of sp³-hybridized carbons (Fsp3) is 0. The van der Waals surface area contributed by atoms with Crippen LogP contribution in [0.2, 0.25) is 0 Å². The number of rotatable bonds is 0. The van der Waals surface area contributed by atoms with E-state index in [0.29, 0.717) is 0 Å². The molecule has 0 aliphatic heterocycles. The zero-order valence-electron chi connectivity index (χ0n) is 2.71. The van der Waals surface area contributed by atoms with Gasteiger partial charge < -0.3 is 4.46 Å². The minimum atomic E-state index is -2.00. The molecule has 0 aromatic rings. The van der Waals surface area contributed by atoms with Gasteiger partial charge in [-0.3, -0.25) is 0 Å². The maximum atomic E-state index is 8.50. The SMILES string of the molecule is O=[SiH].[Cr].[O]=[Ti]=[O]. The molecule has 33 valence electrons. The normalized spacial score (nSPS) is 2.00. The third-order valence-electron chi connectivity index (χ3n) is 0. The van der Waals surface area contributed by atoms with Crippen LogP contribution in [0.5, 0.6) is 0 Å². The van der Waals surface area contributed by atoms with Crippen molar-refractivity contribution in [2.45, 2.75) is 0 Å². The molecule has 0 fully saturated rings. The van der Waals surface area contributed by atoms with Crippen molar-refractivity contribution in [1.29, 1.82) is 0 Å². The van der Waals surface area contributed by atoms with Crippen LogP contribution in [0.15, 0.2) is 0 Å². The first kappa shape index (κ1) is 15.8. The summed E-state index contributed by atoms with van der Waals surface area (Å²) in [4.78, 5) is 0. The van der Waals surface area contributed by atoms with Gasteiger partial charge in [-0.1, -0.05) is 0 Å². The summed E-state index contributed by atoms with van der Waals surface area (Å²) in [5, 5.41) is 0. The molecule has 6 heteroatoms. The van der Waals surface area contributed by atoms with Crippen LogP contribution in [0.4, 0.5) is 0 Å². The Labute approximate surface area is 57.7 Å². The first-order chi connectivity index (χ1) is 2.41. The van der Waals surface area contributed by atoms with Crippen LogP contribution in [0.1, 0.15) is 0 Å². The van der Waals surface area contributed by atoms with Crippen LogP contribution in [0, 0.1) is 0 Å². The van der Waals surface area contributed by atoms with Crippen LogP contribution in [-0.2, 0) is 47.6 Å². The van der Waals surface area contributed by atoms with Crippen molar-refractivity contribution in [3.63, 3.8) is 0 Å². The summed E-state index contributed by atoms with van der Waals surface area (Å²) in [6.07, 6.45) is 0. The fourth-order valence-corrected chi connectivity index (χ4v) is 0. The molecule has 0 aliphatic carbocycles. The number of hydrogen-bond donors (Lipinski definition) is 0. The second-order valence-electron chi connectivity index (χ2n) is 0.0833. The first-order valence-corrected chi connectivity index (χ1v) is 2.39. The van der Waals surface area contributed by atoms with Crippen LogP contribution >= 0.6 is 0 Å². The second-order valence-corrected chi connectivity index (χ2v) is 0.344. The van der Waals surface area contributed by atoms with E-state index in [2.05, 4.69) is 0 Å². The summed E-state index contributed by atoms with van der Waals surface area (Å²) in [7, 11) is 1.17. The minimum absolute atomic E-state index is 0. The average molecular weight is 177 g/mol. The predicted octanol–water partition coefficient (Wildman–Crippen LogP) is -1.01. The maximum absolute atomic E-state index is 8.50. The molecular weight excluding hydrogens is 176 g/mol. The molecule has 0 amide bonds. The van der Waals surface area contributed by atoms with Crippen LogP contribution in [-0.4, -0.2) is 10.1 Å². The molecular formula is HCrO3SiTi. The molecule has 6 heavy (non-hydrogen) atoms. The standard InChI is InChI=1S/Cr.HOSi.2O.Ti/c;1-2;;;/h;2H;;;. The van der Waals surface area contributed by atoms with Crippen molar-refractivity contribution in [2.75, 3.05) is 0 Å². The molecule has 3 nitrogen and oxygen atoms in total. The Morgan fingerprint density at radius 3 is 1.17 bits per heavy atom. The van der Waals surface area contributed by atoms with Gasteiger partial charge in [0.1, 0.15) is 0 Å². The molecule has 1 radical (unpaired) electrons. The Bertz CT molecular complexity index is 40.1. The third kappa shape index (κ3) is 97.3. The quantitative estimate of drug-likeness (QED) is 0.445. The zero-order chi connectivity index (χ0) is 4.71. The second kappa shape index (κ2) is 39.9. The molecule has 0 aliphatic rings. The summed E-state index contributed by atoms with van der Waals surface area (Å²) in [6, 6.07) is 0. The van der Waals surface area contributed by atoms with Gasteiger partial charge >= 0.3 is 35.9 Å². The molecule has 0 heterocycles. The topological polar surface area (TPSA) is 51.2 Å². The molecule has 0 spiro atoms. The zero-order valence-corrected chi connectivity index (χ0v) is 6.70. The van der Waals surface area contributed by atoms with Crippen LogP contribution < -0.4 is 0 Å². The van der Waals surface area contributed by atoms with Gasteiger partial charge in [-0.05, 0) is 0 Å².